The van der Waals surface area contributed by atoms with Crippen molar-refractivity contribution in [1.82, 2.24) is 10.3 Å². The molecule has 8 nitrogen and oxygen atoms in total. The fourth-order valence-electron chi connectivity index (χ4n) is 3.68. The summed E-state index contributed by atoms with van der Waals surface area (Å²) < 4.78 is 11.4. The van der Waals surface area contributed by atoms with Crippen LogP contribution in [0.1, 0.15) is 29.0 Å². The summed E-state index contributed by atoms with van der Waals surface area (Å²) in [6.45, 7) is 1.06. The minimum absolute atomic E-state index is 0.0814. The van der Waals surface area contributed by atoms with E-state index >= 15 is 0 Å². The SMILES string of the molecule is O=C(O)c1cnccc1NC(=O)C1(NCc2ccc(-c3cc(Cl)ccc3Cl)o2)CCOCC1. The number of carboxylic acids is 1. The number of carbonyl (C=O) groups is 2. The van der Waals surface area contributed by atoms with Gasteiger partial charge in [-0.15, -0.1) is 0 Å². The van der Waals surface area contributed by atoms with E-state index in [1.54, 1.807) is 30.3 Å². The number of pyridine rings is 1. The van der Waals surface area contributed by atoms with Gasteiger partial charge in [0.1, 0.15) is 22.6 Å². The van der Waals surface area contributed by atoms with Crippen LogP contribution in [0.5, 0.6) is 0 Å². The molecule has 3 heterocycles. The van der Waals surface area contributed by atoms with Crippen LogP contribution in [0, 0.1) is 0 Å². The second-order valence-corrected chi connectivity index (χ2v) is 8.46. The zero-order valence-corrected chi connectivity index (χ0v) is 18.9. The molecule has 3 aromatic rings. The molecule has 10 heteroatoms. The molecule has 0 spiro atoms. The first-order valence-electron chi connectivity index (χ1n) is 10.2. The third-order valence-electron chi connectivity index (χ3n) is 5.54. The van der Waals surface area contributed by atoms with Crippen molar-refractivity contribution in [3.63, 3.8) is 0 Å². The van der Waals surface area contributed by atoms with E-state index in [9.17, 15) is 14.7 Å². The van der Waals surface area contributed by atoms with Crippen molar-refractivity contribution in [3.8, 4) is 11.3 Å². The maximum atomic E-state index is 13.3. The molecule has 172 valence electrons. The molecule has 1 saturated heterocycles. The van der Waals surface area contributed by atoms with Gasteiger partial charge in [0, 0.05) is 36.2 Å². The number of carboxylic acid groups (broad SMARTS) is 1. The lowest BCUT2D eigenvalue weighted by molar-refractivity contribution is -0.126. The van der Waals surface area contributed by atoms with Crippen LogP contribution in [0.3, 0.4) is 0 Å². The molecule has 2 aromatic heterocycles. The van der Waals surface area contributed by atoms with Crippen molar-refractivity contribution in [2.24, 2.45) is 0 Å². The van der Waals surface area contributed by atoms with E-state index in [2.05, 4.69) is 15.6 Å². The Kier molecular flexibility index (Phi) is 6.99. The van der Waals surface area contributed by atoms with E-state index < -0.39 is 11.5 Å². The summed E-state index contributed by atoms with van der Waals surface area (Å²) in [5, 5.41) is 16.5. The van der Waals surface area contributed by atoms with Gasteiger partial charge in [0.15, 0.2) is 0 Å². The average molecular weight is 490 g/mol. The molecule has 1 amide bonds. The number of rotatable bonds is 7. The smallest absolute Gasteiger partial charge is 0.339 e. The number of halogens is 2. The summed E-state index contributed by atoms with van der Waals surface area (Å²) >= 11 is 12.3. The molecule has 1 aromatic carbocycles. The Bertz CT molecular complexity index is 1170. The van der Waals surface area contributed by atoms with Gasteiger partial charge in [0.2, 0.25) is 5.91 Å². The maximum Gasteiger partial charge on any atom is 0.339 e. The van der Waals surface area contributed by atoms with Crippen molar-refractivity contribution in [3.05, 3.63) is 70.2 Å². The maximum absolute atomic E-state index is 13.3. The molecule has 0 aliphatic carbocycles. The normalized spacial score (nSPS) is 15.2. The number of carbonyl (C=O) groups excluding carboxylic acids is 1. The van der Waals surface area contributed by atoms with Gasteiger partial charge in [-0.05, 0) is 49.2 Å². The number of anilines is 1. The van der Waals surface area contributed by atoms with Crippen molar-refractivity contribution in [1.29, 1.82) is 0 Å². The topological polar surface area (TPSA) is 114 Å². The summed E-state index contributed by atoms with van der Waals surface area (Å²) in [4.78, 5) is 28.6. The Hall–Kier alpha value is -2.91. The number of nitrogens with zero attached hydrogens (tertiary/aromatic N) is 1. The predicted octanol–water partition coefficient (Wildman–Crippen LogP) is 4.62. The monoisotopic (exact) mass is 489 g/mol. The largest absolute Gasteiger partial charge is 0.478 e. The Labute approximate surface area is 199 Å². The highest BCUT2D eigenvalue weighted by Gasteiger charge is 2.40. The quantitative estimate of drug-likeness (QED) is 0.443. The number of hydrogen-bond acceptors (Lipinski definition) is 6. The molecule has 33 heavy (non-hydrogen) atoms. The molecule has 1 aliphatic rings. The Morgan fingerprint density at radius 3 is 2.67 bits per heavy atom. The number of hydrogen-bond donors (Lipinski definition) is 3. The lowest BCUT2D eigenvalue weighted by atomic mass is 9.88. The van der Waals surface area contributed by atoms with Gasteiger partial charge in [0.05, 0.1) is 17.3 Å². The number of benzene rings is 1. The van der Waals surface area contributed by atoms with Crippen LogP contribution in [0.2, 0.25) is 10.0 Å². The summed E-state index contributed by atoms with van der Waals surface area (Å²) in [6, 6.07) is 10.2. The van der Waals surface area contributed by atoms with Gasteiger partial charge >= 0.3 is 5.97 Å². The standard InChI is InChI=1S/C23H21Cl2N3O5/c24-14-1-3-18(25)16(11-14)20-4-2-15(33-20)12-27-23(6-9-32-10-7-23)22(31)28-19-5-8-26-13-17(19)21(29)30/h1-5,8,11,13,27H,6-7,9-10,12H2,(H,29,30)(H,26,28,31). The molecular weight excluding hydrogens is 469 g/mol. The van der Waals surface area contributed by atoms with Crippen LogP contribution < -0.4 is 10.6 Å². The van der Waals surface area contributed by atoms with Crippen LogP contribution in [-0.2, 0) is 16.1 Å². The predicted molar refractivity (Wildman–Crippen MR) is 124 cm³/mol. The van der Waals surface area contributed by atoms with E-state index in [0.717, 1.165) is 0 Å². The molecule has 0 unspecified atom stereocenters. The molecule has 3 N–H and O–H groups in total. The Morgan fingerprint density at radius 2 is 1.91 bits per heavy atom. The highest BCUT2D eigenvalue weighted by Crippen LogP contribution is 2.32. The zero-order valence-electron chi connectivity index (χ0n) is 17.4. The summed E-state index contributed by atoms with van der Waals surface area (Å²) in [5.41, 5.74) is -0.182. The van der Waals surface area contributed by atoms with Crippen LogP contribution in [0.15, 0.2) is 53.2 Å². The molecular formula is C23H21Cl2N3O5. The van der Waals surface area contributed by atoms with Crippen LogP contribution in [0.25, 0.3) is 11.3 Å². The number of aromatic nitrogens is 1. The lowest BCUT2D eigenvalue weighted by Crippen LogP contribution is -2.57. The van der Waals surface area contributed by atoms with Gasteiger partial charge < -0.3 is 19.6 Å². The molecule has 0 saturated carbocycles. The highest BCUT2D eigenvalue weighted by atomic mass is 35.5. The van der Waals surface area contributed by atoms with Crippen LogP contribution in [-0.4, -0.2) is 40.7 Å². The van der Waals surface area contributed by atoms with Crippen LogP contribution >= 0.6 is 23.2 Å². The van der Waals surface area contributed by atoms with Gasteiger partial charge in [-0.1, -0.05) is 23.2 Å². The number of furan rings is 1. The summed E-state index contributed by atoms with van der Waals surface area (Å²) in [5.74, 6) is -0.346. The zero-order chi connectivity index (χ0) is 23.4. The Balaban J connectivity index is 1.52. The minimum Gasteiger partial charge on any atom is -0.478 e. The fourth-order valence-corrected chi connectivity index (χ4v) is 4.06. The van der Waals surface area contributed by atoms with E-state index in [0.29, 0.717) is 53.2 Å². The number of ether oxygens (including phenoxy) is 1. The minimum atomic E-state index is -1.17. The molecule has 0 bridgehead atoms. The first-order valence-corrected chi connectivity index (χ1v) is 11.0. The first kappa shape index (κ1) is 23.3. The summed E-state index contributed by atoms with van der Waals surface area (Å²) in [7, 11) is 0. The number of aromatic carboxylic acids is 1. The lowest BCUT2D eigenvalue weighted by Gasteiger charge is -2.36. The van der Waals surface area contributed by atoms with Crippen molar-refractivity contribution in [2.45, 2.75) is 24.9 Å². The van der Waals surface area contributed by atoms with E-state index in [1.165, 1.54) is 18.5 Å². The molecule has 0 radical (unpaired) electrons. The van der Waals surface area contributed by atoms with E-state index in [4.69, 9.17) is 32.4 Å². The van der Waals surface area contributed by atoms with E-state index in [-0.39, 0.29) is 23.7 Å². The third kappa shape index (κ3) is 5.20. The highest BCUT2D eigenvalue weighted by molar-refractivity contribution is 6.35. The van der Waals surface area contributed by atoms with Crippen molar-refractivity contribution < 1.29 is 23.8 Å². The fraction of sp³-hybridized carbons (Fsp3) is 0.261. The van der Waals surface area contributed by atoms with Gasteiger partial charge in [0.25, 0.3) is 0 Å². The van der Waals surface area contributed by atoms with Gasteiger partial charge in [-0.25, -0.2) is 4.79 Å². The van der Waals surface area contributed by atoms with Crippen molar-refractivity contribution in [2.75, 3.05) is 18.5 Å². The van der Waals surface area contributed by atoms with Crippen molar-refractivity contribution >= 4 is 40.8 Å². The second-order valence-electron chi connectivity index (χ2n) is 7.62. The Morgan fingerprint density at radius 1 is 1.12 bits per heavy atom. The number of nitrogens with one attached hydrogen (secondary N) is 2. The average Bonchev–Trinajstić information content (AvgIpc) is 3.29. The summed E-state index contributed by atoms with van der Waals surface area (Å²) in [6.07, 6.45) is 3.46. The molecule has 1 aliphatic heterocycles. The second kappa shape index (κ2) is 9.93. The molecule has 4 rings (SSSR count). The molecule has 0 atom stereocenters. The van der Waals surface area contributed by atoms with Crippen LogP contribution in [0.4, 0.5) is 5.69 Å². The first-order chi connectivity index (χ1) is 15.9. The van der Waals surface area contributed by atoms with Gasteiger partial charge in [-0.2, -0.15) is 0 Å². The van der Waals surface area contributed by atoms with E-state index in [1.807, 2.05) is 0 Å². The molecule has 1 fully saturated rings. The number of amides is 1. The van der Waals surface area contributed by atoms with Gasteiger partial charge in [-0.3, -0.25) is 15.1 Å². The third-order valence-corrected chi connectivity index (χ3v) is 6.10.